The topological polar surface area (TPSA) is 0 Å². The van der Waals surface area contributed by atoms with Crippen molar-refractivity contribution >= 4 is 0 Å². The third-order valence-electron chi connectivity index (χ3n) is 20.4. The number of allylic oxidation sites excluding steroid dienone is 2. The van der Waals surface area contributed by atoms with Crippen LogP contribution in [0.1, 0.15) is 212 Å². The van der Waals surface area contributed by atoms with Crippen LogP contribution in [0.25, 0.3) is 0 Å². The SMILES string of the molecule is C1CCC(C2CCC3C(=C(C4CC5CCCCC5C4)C4CCC(C5CCCCC5)CC4C3C3CCC(C4CCCC5CCCCC54)CC3)C2)CC1. The van der Waals surface area contributed by atoms with Crippen molar-refractivity contribution in [1.82, 2.24) is 0 Å². The lowest BCUT2D eigenvalue weighted by Crippen LogP contribution is -2.48. The van der Waals surface area contributed by atoms with Crippen molar-refractivity contribution in [3.05, 3.63) is 11.1 Å². The van der Waals surface area contributed by atoms with Gasteiger partial charge in [0, 0.05) is 0 Å². The summed E-state index contributed by atoms with van der Waals surface area (Å²) in [4.78, 5) is 0. The Morgan fingerprint density at radius 3 is 1.43 bits per heavy atom. The average molecular weight is 695 g/mol. The van der Waals surface area contributed by atoms with Crippen molar-refractivity contribution in [3.8, 4) is 0 Å². The van der Waals surface area contributed by atoms with Crippen molar-refractivity contribution in [2.45, 2.75) is 212 Å². The molecular formula is C51H82. The fourth-order valence-electron chi connectivity index (χ4n) is 18.3. The molecule has 0 radical (unpaired) electrons. The summed E-state index contributed by atoms with van der Waals surface area (Å²) in [5, 5.41) is 0. The Kier molecular flexibility index (Phi) is 10.8. The Bertz CT molecular complexity index is 1160. The molecule has 0 N–H and O–H groups in total. The minimum absolute atomic E-state index is 1.01. The van der Waals surface area contributed by atoms with Crippen molar-refractivity contribution < 1.29 is 0 Å². The van der Waals surface area contributed by atoms with Gasteiger partial charge >= 0.3 is 0 Å². The maximum atomic E-state index is 2.25. The first-order chi connectivity index (χ1) is 25.3. The van der Waals surface area contributed by atoms with E-state index in [2.05, 4.69) is 11.1 Å². The van der Waals surface area contributed by atoms with Gasteiger partial charge in [-0.15, -0.1) is 0 Å². The molecule has 0 aliphatic heterocycles. The molecule has 0 heterocycles. The molecule has 0 nitrogen and oxygen atoms in total. The van der Waals surface area contributed by atoms with Crippen LogP contribution >= 0.6 is 0 Å². The third-order valence-corrected chi connectivity index (χ3v) is 20.4. The van der Waals surface area contributed by atoms with E-state index in [1.165, 1.54) is 12.8 Å². The lowest BCUT2D eigenvalue weighted by atomic mass is 9.48. The van der Waals surface area contributed by atoms with Crippen LogP contribution in [0.2, 0.25) is 0 Å². The first-order valence-electron chi connectivity index (χ1n) is 25.0. The molecule has 0 saturated heterocycles. The first kappa shape index (κ1) is 35.2. The van der Waals surface area contributed by atoms with Gasteiger partial charge in [-0.2, -0.15) is 0 Å². The second-order valence-corrected chi connectivity index (χ2v) is 22.3. The van der Waals surface area contributed by atoms with Crippen LogP contribution in [-0.4, -0.2) is 0 Å². The summed E-state index contributed by atoms with van der Waals surface area (Å²) in [6.45, 7) is 0. The number of rotatable bonds is 5. The van der Waals surface area contributed by atoms with Crippen molar-refractivity contribution in [2.75, 3.05) is 0 Å². The zero-order chi connectivity index (χ0) is 33.7. The van der Waals surface area contributed by atoms with Crippen molar-refractivity contribution in [2.24, 2.45) is 94.7 Å². The Balaban J connectivity index is 0.959. The molecule has 10 aliphatic carbocycles. The maximum Gasteiger partial charge on any atom is -0.0166 e. The molecule has 0 aromatic heterocycles. The van der Waals surface area contributed by atoms with Crippen LogP contribution < -0.4 is 0 Å². The molecular weight excluding hydrogens is 613 g/mol. The highest BCUT2D eigenvalue weighted by atomic mass is 14.6. The Hall–Kier alpha value is -0.260. The fourth-order valence-corrected chi connectivity index (χ4v) is 18.3. The summed E-state index contributed by atoms with van der Waals surface area (Å²) in [7, 11) is 0. The first-order valence-corrected chi connectivity index (χ1v) is 25.0. The lowest BCUT2D eigenvalue weighted by molar-refractivity contribution is -0.0138. The second kappa shape index (κ2) is 15.7. The standard InChI is InChI=1S/C51H82/c1-3-12-34(13-4-1)41-27-29-47-48(32-41)50(38-24-22-37(23-25-38)45-21-11-19-36-16-9-10-20-44(36)45)46-28-26-42(35-14-5-2-6-15-35)33-49(46)51(47)43-30-39-17-7-8-18-40(39)31-43/h34-48,50H,1-33H2. The normalized spacial score (nSPS) is 48.7. The number of fused-ring (bicyclic) bond motifs is 4. The molecule has 51 heavy (non-hydrogen) atoms. The van der Waals surface area contributed by atoms with E-state index in [0.717, 1.165) is 94.7 Å². The number of hydrogen-bond acceptors (Lipinski definition) is 0. The highest BCUT2D eigenvalue weighted by Crippen LogP contribution is 2.64. The van der Waals surface area contributed by atoms with Crippen LogP contribution in [0.3, 0.4) is 0 Å². The smallest absolute Gasteiger partial charge is 0.0166 e. The van der Waals surface area contributed by atoms with E-state index in [0.29, 0.717) is 0 Å². The molecule has 0 amide bonds. The zero-order valence-electron chi connectivity index (χ0n) is 33.6. The van der Waals surface area contributed by atoms with E-state index < -0.39 is 0 Å². The summed E-state index contributed by atoms with van der Waals surface area (Å²) >= 11 is 0. The molecule has 11 atom stereocenters. The summed E-state index contributed by atoms with van der Waals surface area (Å²) in [6.07, 6.45) is 52.5. The van der Waals surface area contributed by atoms with Gasteiger partial charge in [-0.1, -0.05) is 133 Å². The van der Waals surface area contributed by atoms with Gasteiger partial charge in [-0.05, 0) is 185 Å². The third kappa shape index (κ3) is 6.95. The van der Waals surface area contributed by atoms with Gasteiger partial charge in [-0.3, -0.25) is 0 Å². The van der Waals surface area contributed by atoms with E-state index in [1.807, 2.05) is 0 Å². The van der Waals surface area contributed by atoms with Crippen LogP contribution in [0.5, 0.6) is 0 Å². The zero-order valence-corrected chi connectivity index (χ0v) is 33.6. The number of hydrogen-bond donors (Lipinski definition) is 0. The summed E-state index contributed by atoms with van der Waals surface area (Å²) in [6, 6.07) is 0. The van der Waals surface area contributed by atoms with Gasteiger partial charge in [-0.25, -0.2) is 0 Å². The Morgan fingerprint density at radius 2 is 0.725 bits per heavy atom. The molecule has 0 bridgehead atoms. The Morgan fingerprint density at radius 1 is 0.275 bits per heavy atom. The molecule has 9 fully saturated rings. The van der Waals surface area contributed by atoms with E-state index in [1.54, 1.807) is 199 Å². The Labute approximate surface area is 316 Å². The molecule has 10 aliphatic rings. The van der Waals surface area contributed by atoms with Crippen LogP contribution in [-0.2, 0) is 0 Å². The summed E-state index contributed by atoms with van der Waals surface area (Å²) in [5.74, 6) is 17.2. The van der Waals surface area contributed by atoms with E-state index in [-0.39, 0.29) is 0 Å². The summed E-state index contributed by atoms with van der Waals surface area (Å²) < 4.78 is 0. The molecule has 9 saturated carbocycles. The molecule has 0 aromatic rings. The molecule has 0 spiro atoms. The molecule has 0 heteroatoms. The molecule has 286 valence electrons. The average Bonchev–Trinajstić information content (AvgIpc) is 3.64. The van der Waals surface area contributed by atoms with Gasteiger partial charge in [0.15, 0.2) is 0 Å². The molecule has 0 aromatic carbocycles. The van der Waals surface area contributed by atoms with Crippen LogP contribution in [0.4, 0.5) is 0 Å². The lowest BCUT2D eigenvalue weighted by Gasteiger charge is -2.57. The minimum Gasteiger partial charge on any atom is -0.0668 e. The predicted molar refractivity (Wildman–Crippen MR) is 215 cm³/mol. The fraction of sp³-hybridized carbons (Fsp3) is 0.961. The van der Waals surface area contributed by atoms with Gasteiger partial charge in [0.2, 0.25) is 0 Å². The van der Waals surface area contributed by atoms with E-state index in [9.17, 15) is 0 Å². The van der Waals surface area contributed by atoms with Gasteiger partial charge in [0.1, 0.15) is 0 Å². The van der Waals surface area contributed by atoms with Gasteiger partial charge < -0.3 is 0 Å². The van der Waals surface area contributed by atoms with Gasteiger partial charge in [0.25, 0.3) is 0 Å². The second-order valence-electron chi connectivity index (χ2n) is 22.3. The molecule has 10 rings (SSSR count). The van der Waals surface area contributed by atoms with E-state index in [4.69, 9.17) is 0 Å². The quantitative estimate of drug-likeness (QED) is 0.251. The van der Waals surface area contributed by atoms with Crippen molar-refractivity contribution in [3.63, 3.8) is 0 Å². The summed E-state index contributed by atoms with van der Waals surface area (Å²) in [5.41, 5.74) is 4.47. The highest BCUT2D eigenvalue weighted by molar-refractivity contribution is 5.32. The predicted octanol–water partition coefficient (Wildman–Crippen LogP) is 15.2. The van der Waals surface area contributed by atoms with Crippen molar-refractivity contribution in [1.29, 1.82) is 0 Å². The minimum atomic E-state index is 1.01. The maximum absolute atomic E-state index is 2.25. The van der Waals surface area contributed by atoms with Gasteiger partial charge in [0.05, 0.1) is 0 Å². The van der Waals surface area contributed by atoms with Crippen LogP contribution in [0.15, 0.2) is 11.1 Å². The highest BCUT2D eigenvalue weighted by Gasteiger charge is 2.54. The van der Waals surface area contributed by atoms with Crippen LogP contribution in [0, 0.1) is 94.7 Å². The largest absolute Gasteiger partial charge is 0.0668 e. The monoisotopic (exact) mass is 695 g/mol. The molecule has 11 unspecified atom stereocenters. The van der Waals surface area contributed by atoms with E-state index >= 15 is 0 Å².